The lowest BCUT2D eigenvalue weighted by molar-refractivity contribution is 0.449. The van der Waals surface area contributed by atoms with Crippen molar-refractivity contribution in [2.45, 2.75) is 51.9 Å². The smallest absolute Gasteiger partial charge is 0.141 e. The molecular formula is C14H20ClF. The molecule has 16 heavy (non-hydrogen) atoms. The Labute approximate surface area is 103 Å². The van der Waals surface area contributed by atoms with Crippen molar-refractivity contribution in [1.82, 2.24) is 0 Å². The molecule has 0 nitrogen and oxygen atoms in total. The van der Waals surface area contributed by atoms with E-state index in [9.17, 15) is 4.39 Å². The Morgan fingerprint density at radius 3 is 2.50 bits per heavy atom. The molecule has 90 valence electrons. The van der Waals surface area contributed by atoms with Gasteiger partial charge in [0, 0.05) is 0 Å². The van der Waals surface area contributed by atoms with E-state index in [0.29, 0.717) is 0 Å². The van der Waals surface area contributed by atoms with Gasteiger partial charge in [-0.1, -0.05) is 57.7 Å². The van der Waals surface area contributed by atoms with Crippen LogP contribution in [0.15, 0.2) is 18.2 Å². The lowest BCUT2D eigenvalue weighted by Crippen LogP contribution is -2.17. The third-order valence-corrected chi connectivity index (χ3v) is 3.40. The van der Waals surface area contributed by atoms with Gasteiger partial charge >= 0.3 is 0 Å². The van der Waals surface area contributed by atoms with E-state index in [0.717, 1.165) is 12.0 Å². The fourth-order valence-corrected chi connectivity index (χ4v) is 2.06. The Hall–Kier alpha value is -0.560. The lowest BCUT2D eigenvalue weighted by atomic mass is 9.80. The first kappa shape index (κ1) is 13.5. The molecule has 0 aliphatic carbocycles. The quantitative estimate of drug-likeness (QED) is 0.612. The highest BCUT2D eigenvalue weighted by molar-refractivity contribution is 6.30. The molecule has 1 rings (SSSR count). The van der Waals surface area contributed by atoms with E-state index in [4.69, 9.17) is 11.6 Å². The Kier molecular flexibility index (Phi) is 4.79. The van der Waals surface area contributed by atoms with Crippen LogP contribution >= 0.6 is 11.6 Å². The highest BCUT2D eigenvalue weighted by atomic mass is 35.5. The molecular weight excluding hydrogens is 223 g/mol. The second kappa shape index (κ2) is 5.67. The van der Waals surface area contributed by atoms with Crippen molar-refractivity contribution >= 4 is 11.6 Å². The van der Waals surface area contributed by atoms with Gasteiger partial charge in [-0.05, 0) is 29.5 Å². The summed E-state index contributed by atoms with van der Waals surface area (Å²) < 4.78 is 13.1. The lowest BCUT2D eigenvalue weighted by Gasteiger charge is -2.25. The molecule has 0 unspecified atom stereocenters. The van der Waals surface area contributed by atoms with Crippen LogP contribution in [0.3, 0.4) is 0 Å². The van der Waals surface area contributed by atoms with E-state index in [2.05, 4.69) is 20.8 Å². The van der Waals surface area contributed by atoms with Crippen molar-refractivity contribution in [1.29, 1.82) is 0 Å². The van der Waals surface area contributed by atoms with Crippen molar-refractivity contribution in [2.24, 2.45) is 0 Å². The summed E-state index contributed by atoms with van der Waals surface area (Å²) in [6.45, 7) is 6.57. The van der Waals surface area contributed by atoms with Gasteiger partial charge in [0.25, 0.3) is 0 Å². The number of hydrogen-bond acceptors (Lipinski definition) is 0. The molecule has 0 bridgehead atoms. The zero-order valence-electron chi connectivity index (χ0n) is 10.3. The molecule has 2 heteroatoms. The molecule has 0 aromatic heterocycles. The topological polar surface area (TPSA) is 0 Å². The second-order valence-corrected chi connectivity index (χ2v) is 5.38. The third kappa shape index (κ3) is 3.48. The first-order valence-corrected chi connectivity index (χ1v) is 6.30. The van der Waals surface area contributed by atoms with Crippen molar-refractivity contribution in [3.8, 4) is 0 Å². The van der Waals surface area contributed by atoms with Crippen LogP contribution in [0.5, 0.6) is 0 Å². The summed E-state index contributed by atoms with van der Waals surface area (Å²) in [7, 11) is 0. The summed E-state index contributed by atoms with van der Waals surface area (Å²) in [5.41, 5.74) is 1.20. The van der Waals surface area contributed by atoms with Crippen molar-refractivity contribution in [2.75, 3.05) is 0 Å². The molecule has 0 radical (unpaired) electrons. The van der Waals surface area contributed by atoms with Gasteiger partial charge < -0.3 is 0 Å². The third-order valence-electron chi connectivity index (χ3n) is 3.11. The van der Waals surface area contributed by atoms with E-state index in [1.54, 1.807) is 6.07 Å². The number of unbranched alkanes of at least 4 members (excludes halogenated alkanes) is 2. The highest BCUT2D eigenvalue weighted by Gasteiger charge is 2.20. The maximum atomic E-state index is 13.1. The highest BCUT2D eigenvalue weighted by Crippen LogP contribution is 2.31. The van der Waals surface area contributed by atoms with Crippen LogP contribution in [0.25, 0.3) is 0 Å². The predicted molar refractivity (Wildman–Crippen MR) is 68.6 cm³/mol. The standard InChI is InChI=1S/C14H20ClF/c1-4-5-6-9-14(2,3)11-7-8-13(16)12(15)10-11/h7-8,10H,4-6,9H2,1-3H3. The van der Waals surface area contributed by atoms with Gasteiger partial charge in [-0.3, -0.25) is 0 Å². The molecule has 0 aliphatic heterocycles. The monoisotopic (exact) mass is 242 g/mol. The molecule has 0 amide bonds. The van der Waals surface area contributed by atoms with Gasteiger partial charge in [-0.15, -0.1) is 0 Å². The molecule has 1 aromatic carbocycles. The molecule has 1 aromatic rings. The van der Waals surface area contributed by atoms with E-state index < -0.39 is 0 Å². The Morgan fingerprint density at radius 1 is 1.25 bits per heavy atom. The first-order chi connectivity index (χ1) is 7.47. The minimum absolute atomic E-state index is 0.0759. The van der Waals surface area contributed by atoms with Crippen molar-refractivity contribution in [3.05, 3.63) is 34.6 Å². The Morgan fingerprint density at radius 2 is 1.94 bits per heavy atom. The number of halogens is 2. The number of benzene rings is 1. The molecule has 0 fully saturated rings. The molecule has 0 N–H and O–H groups in total. The summed E-state index contributed by atoms with van der Waals surface area (Å²) in [6.07, 6.45) is 4.79. The van der Waals surface area contributed by atoms with Crippen LogP contribution in [-0.4, -0.2) is 0 Å². The minimum atomic E-state index is -0.338. The normalized spacial score (nSPS) is 11.8. The Bertz CT molecular complexity index is 345. The van der Waals surface area contributed by atoms with E-state index in [1.165, 1.54) is 25.3 Å². The van der Waals surface area contributed by atoms with Crippen LogP contribution in [-0.2, 0) is 5.41 Å². The maximum Gasteiger partial charge on any atom is 0.141 e. The van der Waals surface area contributed by atoms with Gasteiger partial charge in [-0.25, -0.2) is 4.39 Å². The van der Waals surface area contributed by atoms with Crippen LogP contribution in [0.4, 0.5) is 4.39 Å². The maximum absolute atomic E-state index is 13.1. The fourth-order valence-electron chi connectivity index (χ4n) is 1.88. The van der Waals surface area contributed by atoms with Crippen molar-refractivity contribution in [3.63, 3.8) is 0 Å². The minimum Gasteiger partial charge on any atom is -0.205 e. The fraction of sp³-hybridized carbons (Fsp3) is 0.571. The van der Waals surface area contributed by atoms with Crippen LogP contribution in [0.2, 0.25) is 5.02 Å². The van der Waals surface area contributed by atoms with E-state index >= 15 is 0 Å². The van der Waals surface area contributed by atoms with E-state index in [1.807, 2.05) is 6.07 Å². The summed E-state index contributed by atoms with van der Waals surface area (Å²) in [4.78, 5) is 0. The predicted octanol–water partition coefficient (Wildman–Crippen LogP) is 5.34. The van der Waals surface area contributed by atoms with Gasteiger partial charge in [0.2, 0.25) is 0 Å². The average molecular weight is 243 g/mol. The van der Waals surface area contributed by atoms with Crippen LogP contribution < -0.4 is 0 Å². The summed E-state index contributed by atoms with van der Waals surface area (Å²) in [5.74, 6) is -0.338. The molecule has 0 spiro atoms. The van der Waals surface area contributed by atoms with E-state index in [-0.39, 0.29) is 16.3 Å². The number of rotatable bonds is 5. The van der Waals surface area contributed by atoms with Gasteiger partial charge in [0.1, 0.15) is 5.82 Å². The molecule has 0 aliphatic rings. The Balaban J connectivity index is 2.76. The SMILES string of the molecule is CCCCCC(C)(C)c1ccc(F)c(Cl)c1. The summed E-state index contributed by atoms with van der Waals surface area (Å²) in [6, 6.07) is 5.05. The van der Waals surface area contributed by atoms with Crippen LogP contribution in [0.1, 0.15) is 52.0 Å². The van der Waals surface area contributed by atoms with Gasteiger partial charge in [0.15, 0.2) is 0 Å². The molecule has 0 saturated carbocycles. The summed E-state index contributed by atoms with van der Waals surface area (Å²) in [5, 5.41) is 0.223. The zero-order chi connectivity index (χ0) is 12.2. The molecule has 0 saturated heterocycles. The van der Waals surface area contributed by atoms with Crippen molar-refractivity contribution < 1.29 is 4.39 Å². The van der Waals surface area contributed by atoms with Gasteiger partial charge in [0.05, 0.1) is 5.02 Å². The zero-order valence-corrected chi connectivity index (χ0v) is 11.1. The largest absolute Gasteiger partial charge is 0.205 e. The molecule has 0 atom stereocenters. The van der Waals surface area contributed by atoms with Gasteiger partial charge in [-0.2, -0.15) is 0 Å². The van der Waals surface area contributed by atoms with Crippen LogP contribution in [0, 0.1) is 5.82 Å². The number of hydrogen-bond donors (Lipinski definition) is 0. The molecule has 0 heterocycles. The second-order valence-electron chi connectivity index (χ2n) is 4.97. The average Bonchev–Trinajstić information content (AvgIpc) is 2.22. The summed E-state index contributed by atoms with van der Waals surface area (Å²) >= 11 is 5.81. The first-order valence-electron chi connectivity index (χ1n) is 5.93.